The number of para-hydroxylation sites is 1. The van der Waals surface area contributed by atoms with Crippen LogP contribution in [0.25, 0.3) is 10.9 Å². The summed E-state index contributed by atoms with van der Waals surface area (Å²) >= 11 is 0. The molecule has 122 valence electrons. The molecule has 1 aliphatic rings. The van der Waals surface area contributed by atoms with Crippen molar-refractivity contribution in [2.75, 3.05) is 13.6 Å². The van der Waals surface area contributed by atoms with Gasteiger partial charge >= 0.3 is 0 Å². The molecule has 0 radical (unpaired) electrons. The number of carbonyl (C=O) groups is 1. The van der Waals surface area contributed by atoms with Crippen LogP contribution in [0.15, 0.2) is 60.7 Å². The second-order valence-corrected chi connectivity index (χ2v) is 6.28. The van der Waals surface area contributed by atoms with E-state index in [1.54, 1.807) is 4.90 Å². The highest BCUT2D eigenvalue weighted by atomic mass is 16.6. The molecule has 1 amide bonds. The Bertz CT molecular complexity index is 823. The van der Waals surface area contributed by atoms with Crippen LogP contribution in [0.2, 0.25) is 0 Å². The number of fused-ring (bicyclic) bond motifs is 1. The van der Waals surface area contributed by atoms with Crippen molar-refractivity contribution in [2.24, 2.45) is 0 Å². The van der Waals surface area contributed by atoms with Crippen LogP contribution in [-0.2, 0) is 16.0 Å². The molecule has 0 aliphatic carbocycles. The topological polar surface area (TPSA) is 48.6 Å². The first-order valence-corrected chi connectivity index (χ1v) is 8.24. The van der Waals surface area contributed by atoms with Gasteiger partial charge in [0.15, 0.2) is 6.10 Å². The van der Waals surface area contributed by atoms with Gasteiger partial charge in [0.2, 0.25) is 0 Å². The number of hydrogen-bond acceptors (Lipinski definition) is 2. The molecule has 0 unspecified atom stereocenters. The number of rotatable bonds is 5. The number of aromatic nitrogens is 1. The van der Waals surface area contributed by atoms with Gasteiger partial charge in [0.05, 0.1) is 0 Å². The maximum absolute atomic E-state index is 12.5. The molecule has 2 atom stereocenters. The van der Waals surface area contributed by atoms with Crippen molar-refractivity contribution in [1.29, 1.82) is 0 Å². The maximum atomic E-state index is 12.5. The summed E-state index contributed by atoms with van der Waals surface area (Å²) < 4.78 is 5.59. The van der Waals surface area contributed by atoms with E-state index in [-0.39, 0.29) is 18.1 Å². The quantitative estimate of drug-likeness (QED) is 0.733. The van der Waals surface area contributed by atoms with Gasteiger partial charge in [-0.2, -0.15) is 0 Å². The highest BCUT2D eigenvalue weighted by Gasteiger charge is 2.47. The van der Waals surface area contributed by atoms with Gasteiger partial charge in [-0.3, -0.25) is 4.79 Å². The number of benzene rings is 2. The summed E-state index contributed by atoms with van der Waals surface area (Å²) in [7, 11) is 1.84. The molecule has 24 heavy (non-hydrogen) atoms. The fraction of sp³-hybridized carbons (Fsp3) is 0.250. The maximum Gasteiger partial charge on any atom is 0.254 e. The fourth-order valence-electron chi connectivity index (χ4n) is 3.08. The zero-order valence-electron chi connectivity index (χ0n) is 13.6. The van der Waals surface area contributed by atoms with Gasteiger partial charge < -0.3 is 14.6 Å². The van der Waals surface area contributed by atoms with E-state index in [9.17, 15) is 4.79 Å². The van der Waals surface area contributed by atoms with Crippen LogP contribution in [0.5, 0.6) is 0 Å². The lowest BCUT2D eigenvalue weighted by Crippen LogP contribution is -2.32. The Morgan fingerprint density at radius 2 is 1.88 bits per heavy atom. The molecular weight excluding hydrogens is 300 g/mol. The number of carbonyl (C=O) groups excluding carboxylic acids is 1. The Balaban J connectivity index is 1.35. The van der Waals surface area contributed by atoms with Crippen molar-refractivity contribution >= 4 is 16.8 Å². The van der Waals surface area contributed by atoms with E-state index < -0.39 is 0 Å². The SMILES string of the molecule is CN(CCc1cc2ccccc2[nH]1)C(=O)[C@@H]1O[C@H]1c1ccccc1. The molecule has 1 fully saturated rings. The summed E-state index contributed by atoms with van der Waals surface area (Å²) in [6, 6.07) is 20.3. The normalized spacial score (nSPS) is 19.4. The van der Waals surface area contributed by atoms with Crippen molar-refractivity contribution in [2.45, 2.75) is 18.6 Å². The molecule has 0 spiro atoms. The zero-order chi connectivity index (χ0) is 16.5. The third-order valence-corrected chi connectivity index (χ3v) is 4.54. The summed E-state index contributed by atoms with van der Waals surface area (Å²) in [5.74, 6) is 0.0555. The Hall–Kier alpha value is -2.59. The van der Waals surface area contributed by atoms with E-state index in [0.717, 1.165) is 23.2 Å². The molecule has 3 aromatic rings. The van der Waals surface area contributed by atoms with Crippen LogP contribution in [-0.4, -0.2) is 35.5 Å². The minimum atomic E-state index is -0.333. The number of nitrogens with zero attached hydrogens (tertiary/aromatic N) is 1. The van der Waals surface area contributed by atoms with Gasteiger partial charge in [-0.15, -0.1) is 0 Å². The summed E-state index contributed by atoms with van der Waals surface area (Å²) in [5, 5.41) is 1.20. The summed E-state index contributed by atoms with van der Waals surface area (Å²) in [6.45, 7) is 0.674. The second kappa shape index (κ2) is 6.13. The largest absolute Gasteiger partial charge is 0.358 e. The standard InChI is InChI=1S/C20H20N2O2/c1-22(12-11-16-13-15-9-5-6-10-17(15)21-16)20(23)19-18(24-19)14-7-3-2-4-8-14/h2-10,13,18-19,21H,11-12H2,1H3/t18-,19+/m0/s1. The highest BCUT2D eigenvalue weighted by molar-refractivity contribution is 5.84. The molecule has 1 saturated heterocycles. The minimum Gasteiger partial charge on any atom is -0.358 e. The number of H-pyrrole nitrogens is 1. The van der Waals surface area contributed by atoms with Crippen LogP contribution >= 0.6 is 0 Å². The predicted molar refractivity (Wildman–Crippen MR) is 93.7 cm³/mol. The lowest BCUT2D eigenvalue weighted by molar-refractivity contribution is -0.131. The van der Waals surface area contributed by atoms with Crippen LogP contribution in [0, 0.1) is 0 Å². The van der Waals surface area contributed by atoms with E-state index in [1.165, 1.54) is 5.39 Å². The average molecular weight is 320 g/mol. The van der Waals surface area contributed by atoms with Gasteiger partial charge in [0.1, 0.15) is 6.10 Å². The van der Waals surface area contributed by atoms with E-state index in [0.29, 0.717) is 6.54 Å². The van der Waals surface area contributed by atoms with Crippen LogP contribution in [0.4, 0.5) is 0 Å². The molecule has 0 saturated carbocycles. The summed E-state index contributed by atoms with van der Waals surface area (Å²) in [5.41, 5.74) is 3.35. The van der Waals surface area contributed by atoms with Crippen molar-refractivity contribution in [3.8, 4) is 0 Å². The Labute approximate surface area is 141 Å². The molecule has 2 heterocycles. The number of nitrogens with one attached hydrogen (secondary N) is 1. The molecule has 4 nitrogen and oxygen atoms in total. The number of epoxide rings is 1. The number of amides is 1. The van der Waals surface area contributed by atoms with E-state index >= 15 is 0 Å². The number of ether oxygens (including phenoxy) is 1. The highest BCUT2D eigenvalue weighted by Crippen LogP contribution is 2.39. The third-order valence-electron chi connectivity index (χ3n) is 4.54. The monoisotopic (exact) mass is 320 g/mol. The van der Waals surface area contributed by atoms with E-state index in [4.69, 9.17) is 4.74 Å². The lowest BCUT2D eigenvalue weighted by Gasteiger charge is -2.15. The molecule has 1 N–H and O–H groups in total. The van der Waals surface area contributed by atoms with Gasteiger partial charge in [-0.25, -0.2) is 0 Å². The van der Waals surface area contributed by atoms with Crippen molar-refractivity contribution in [1.82, 2.24) is 9.88 Å². The second-order valence-electron chi connectivity index (χ2n) is 6.28. The first-order chi connectivity index (χ1) is 11.7. The predicted octanol–water partition coefficient (Wildman–Crippen LogP) is 3.31. The van der Waals surface area contributed by atoms with Gasteiger partial charge in [0.25, 0.3) is 5.91 Å². The lowest BCUT2D eigenvalue weighted by atomic mass is 10.1. The first-order valence-electron chi connectivity index (χ1n) is 8.24. The number of aromatic amines is 1. The summed E-state index contributed by atoms with van der Waals surface area (Å²) in [6.07, 6.45) is 0.383. The Kier molecular flexibility index (Phi) is 3.82. The average Bonchev–Trinajstić information content (AvgIpc) is 3.31. The molecule has 4 rings (SSSR count). The Morgan fingerprint density at radius 3 is 2.67 bits per heavy atom. The minimum absolute atomic E-state index is 0.0555. The summed E-state index contributed by atoms with van der Waals surface area (Å²) in [4.78, 5) is 17.6. The molecule has 2 aromatic carbocycles. The first kappa shape index (κ1) is 15.0. The third kappa shape index (κ3) is 2.93. The van der Waals surface area contributed by atoms with Crippen LogP contribution in [0.3, 0.4) is 0 Å². The van der Waals surface area contributed by atoms with Crippen molar-refractivity contribution in [3.63, 3.8) is 0 Å². The Morgan fingerprint density at radius 1 is 1.12 bits per heavy atom. The van der Waals surface area contributed by atoms with Crippen molar-refractivity contribution < 1.29 is 9.53 Å². The zero-order valence-corrected chi connectivity index (χ0v) is 13.6. The van der Waals surface area contributed by atoms with Gasteiger partial charge in [-0.05, 0) is 23.1 Å². The van der Waals surface area contributed by atoms with Crippen molar-refractivity contribution in [3.05, 3.63) is 71.9 Å². The number of likely N-dealkylation sites (N-methyl/N-ethyl adjacent to an activating group) is 1. The fourth-order valence-corrected chi connectivity index (χ4v) is 3.08. The number of hydrogen-bond donors (Lipinski definition) is 1. The van der Waals surface area contributed by atoms with E-state index in [1.807, 2.05) is 49.5 Å². The molecule has 4 heteroatoms. The van der Waals surface area contributed by atoms with Crippen LogP contribution in [0.1, 0.15) is 17.4 Å². The molecular formula is C20H20N2O2. The van der Waals surface area contributed by atoms with Gasteiger partial charge in [0, 0.05) is 31.2 Å². The van der Waals surface area contributed by atoms with E-state index in [2.05, 4.69) is 23.2 Å². The smallest absolute Gasteiger partial charge is 0.254 e. The van der Waals surface area contributed by atoms with Gasteiger partial charge in [-0.1, -0.05) is 48.5 Å². The molecule has 1 aliphatic heterocycles. The van der Waals surface area contributed by atoms with Crippen LogP contribution < -0.4 is 0 Å². The molecule has 0 bridgehead atoms. The molecule has 1 aromatic heterocycles.